The van der Waals surface area contributed by atoms with Crippen molar-refractivity contribution >= 4 is 35.8 Å². The molecule has 4 atom stereocenters. The lowest BCUT2D eigenvalue weighted by molar-refractivity contribution is -0.144. The van der Waals surface area contributed by atoms with Crippen LogP contribution in [0.3, 0.4) is 0 Å². The Hall–Kier alpha value is -2.69. The fourth-order valence-electron chi connectivity index (χ4n) is 4.33. The Labute approximate surface area is 227 Å². The minimum absolute atomic E-state index is 0.00305. The molecule has 3 rings (SSSR count). The molecule has 1 aliphatic heterocycles. The molecule has 1 fully saturated rings. The van der Waals surface area contributed by atoms with Gasteiger partial charge in [-0.25, -0.2) is 12.7 Å². The van der Waals surface area contributed by atoms with E-state index in [-0.39, 0.29) is 21.5 Å². The van der Waals surface area contributed by atoms with Crippen molar-refractivity contribution in [3.8, 4) is 5.75 Å². The number of benzene rings is 2. The molecule has 208 valence electrons. The quantitative estimate of drug-likeness (QED) is 0.346. The number of aryl methyl sites for hydroxylation is 1. The number of hydrogen-bond acceptors (Lipinski definition) is 6. The molecule has 1 heterocycles. The summed E-state index contributed by atoms with van der Waals surface area (Å²) in [5.41, 5.74) is 1.09. The molecular formula is C28H40N2O6SSi. The van der Waals surface area contributed by atoms with E-state index in [9.17, 15) is 18.0 Å². The fourth-order valence-corrected chi connectivity index (χ4v) is 7.25. The average Bonchev–Trinajstić information content (AvgIpc) is 2.81. The van der Waals surface area contributed by atoms with E-state index >= 15 is 0 Å². The van der Waals surface area contributed by atoms with E-state index < -0.39 is 48.2 Å². The fraction of sp³-hybridized carbons (Fsp3) is 0.500. The number of anilines is 1. The number of amides is 2. The Morgan fingerprint density at radius 2 is 1.58 bits per heavy atom. The van der Waals surface area contributed by atoms with Gasteiger partial charge in [-0.05, 0) is 68.4 Å². The highest BCUT2D eigenvalue weighted by Crippen LogP contribution is 2.40. The van der Waals surface area contributed by atoms with Gasteiger partial charge < -0.3 is 14.5 Å². The highest BCUT2D eigenvalue weighted by Gasteiger charge is 2.52. The smallest absolute Gasteiger partial charge is 0.270 e. The Kier molecular flexibility index (Phi) is 8.50. The third-order valence-corrected chi connectivity index (χ3v) is 14.1. The number of carbonyl (C=O) groups is 2. The summed E-state index contributed by atoms with van der Waals surface area (Å²) in [7, 11) is -4.92. The number of methoxy groups -OCH3 is 1. The van der Waals surface area contributed by atoms with Gasteiger partial charge in [0, 0.05) is 0 Å². The molecule has 10 heteroatoms. The lowest BCUT2D eigenvalue weighted by Crippen LogP contribution is -2.67. The number of nitrogens with one attached hydrogen (secondary N) is 1. The van der Waals surface area contributed by atoms with Gasteiger partial charge in [0.1, 0.15) is 5.75 Å². The molecule has 38 heavy (non-hydrogen) atoms. The number of sulfonamides is 1. The zero-order valence-corrected chi connectivity index (χ0v) is 25.5. The van der Waals surface area contributed by atoms with Gasteiger partial charge in [0.2, 0.25) is 11.8 Å². The van der Waals surface area contributed by atoms with E-state index in [1.165, 1.54) is 31.4 Å². The van der Waals surface area contributed by atoms with Gasteiger partial charge in [0.05, 0.1) is 41.7 Å². The first-order chi connectivity index (χ1) is 17.5. The maximum absolute atomic E-state index is 14.0. The normalized spacial score (nSPS) is 19.7. The molecule has 0 radical (unpaired) electrons. The van der Waals surface area contributed by atoms with Gasteiger partial charge in [-0.2, -0.15) is 0 Å². The Balaban J connectivity index is 1.96. The summed E-state index contributed by atoms with van der Waals surface area (Å²) in [6.45, 7) is 16.0. The van der Waals surface area contributed by atoms with Crippen molar-refractivity contribution in [2.75, 3.05) is 11.4 Å². The van der Waals surface area contributed by atoms with Crippen molar-refractivity contribution in [2.45, 2.75) is 76.7 Å². The van der Waals surface area contributed by atoms with Crippen LogP contribution >= 0.6 is 0 Å². The van der Waals surface area contributed by atoms with Crippen LogP contribution in [0.15, 0.2) is 53.4 Å². The van der Waals surface area contributed by atoms with Crippen molar-refractivity contribution in [2.24, 2.45) is 11.8 Å². The second-order valence-electron chi connectivity index (χ2n) is 11.6. The first kappa shape index (κ1) is 29.9. The summed E-state index contributed by atoms with van der Waals surface area (Å²) < 4.78 is 40.2. The molecule has 2 amide bonds. The second kappa shape index (κ2) is 10.8. The SMILES string of the molecule is COc1ccc(N(C(=O)[C@H](C)[C@H]2NC(=O)[C@@H]2[C@@H](C)O[Si](C)(C)C(C)(C)C)S(=O)(=O)c2ccc(C)cc2)cc1. The number of β-lactam (4-membered cyclic amide) rings is 1. The van der Waals surface area contributed by atoms with Crippen LogP contribution in [0.1, 0.15) is 40.2 Å². The minimum atomic E-state index is -4.25. The van der Waals surface area contributed by atoms with E-state index in [4.69, 9.17) is 9.16 Å². The molecule has 1 N–H and O–H groups in total. The van der Waals surface area contributed by atoms with E-state index in [0.29, 0.717) is 5.75 Å². The summed E-state index contributed by atoms with van der Waals surface area (Å²) in [5.74, 6) is -1.69. The topological polar surface area (TPSA) is 102 Å². The Morgan fingerprint density at radius 3 is 2.05 bits per heavy atom. The zero-order chi connectivity index (χ0) is 28.6. The van der Waals surface area contributed by atoms with Crippen LogP contribution in [-0.2, 0) is 24.0 Å². The van der Waals surface area contributed by atoms with Crippen LogP contribution in [-0.4, -0.2) is 47.8 Å². The standard InChI is InChI=1S/C28H40N2O6SSi/c1-18-10-16-23(17-11-18)37(33,34)30(21-12-14-22(35-7)15-13-21)27(32)19(2)25-24(26(31)29-25)20(3)36-38(8,9)28(4,5)6/h10-17,19-20,24-25H,1-9H3,(H,29,31)/t19-,20-,24-,25-/m1/s1. The maximum atomic E-state index is 14.0. The molecule has 0 aliphatic carbocycles. The molecule has 2 aromatic rings. The lowest BCUT2D eigenvalue weighted by atomic mass is 9.78. The first-order valence-corrected chi connectivity index (χ1v) is 17.1. The molecular weight excluding hydrogens is 520 g/mol. The van der Waals surface area contributed by atoms with E-state index in [0.717, 1.165) is 9.87 Å². The van der Waals surface area contributed by atoms with Crippen molar-refractivity contribution in [1.29, 1.82) is 0 Å². The van der Waals surface area contributed by atoms with Gasteiger partial charge in [0.25, 0.3) is 10.0 Å². The van der Waals surface area contributed by atoms with Crippen molar-refractivity contribution in [3.63, 3.8) is 0 Å². The average molecular weight is 561 g/mol. The third kappa shape index (κ3) is 5.82. The molecule has 0 aromatic heterocycles. The van der Waals surface area contributed by atoms with Crippen LogP contribution in [0.25, 0.3) is 0 Å². The van der Waals surface area contributed by atoms with E-state index in [2.05, 4.69) is 39.2 Å². The van der Waals surface area contributed by atoms with Crippen LogP contribution < -0.4 is 14.4 Å². The van der Waals surface area contributed by atoms with Crippen molar-refractivity contribution < 1.29 is 27.2 Å². The molecule has 0 bridgehead atoms. The molecule has 2 aromatic carbocycles. The van der Waals surface area contributed by atoms with Crippen LogP contribution in [0, 0.1) is 18.8 Å². The second-order valence-corrected chi connectivity index (χ2v) is 18.1. The molecule has 1 aliphatic rings. The van der Waals surface area contributed by atoms with Crippen molar-refractivity contribution in [3.05, 3.63) is 54.1 Å². The Morgan fingerprint density at radius 1 is 1.03 bits per heavy atom. The first-order valence-electron chi connectivity index (χ1n) is 12.8. The summed E-state index contributed by atoms with van der Waals surface area (Å²) in [5, 5.41) is 2.79. The van der Waals surface area contributed by atoms with Gasteiger partial charge >= 0.3 is 0 Å². The monoisotopic (exact) mass is 560 g/mol. The minimum Gasteiger partial charge on any atom is -0.497 e. The van der Waals surface area contributed by atoms with Gasteiger partial charge in [0.15, 0.2) is 8.32 Å². The highest BCUT2D eigenvalue weighted by atomic mass is 32.2. The number of ether oxygens (including phenoxy) is 1. The van der Waals surface area contributed by atoms with Crippen LogP contribution in [0.4, 0.5) is 5.69 Å². The predicted molar refractivity (Wildman–Crippen MR) is 151 cm³/mol. The highest BCUT2D eigenvalue weighted by molar-refractivity contribution is 7.93. The largest absolute Gasteiger partial charge is 0.497 e. The summed E-state index contributed by atoms with van der Waals surface area (Å²) in [6.07, 6.45) is -0.423. The van der Waals surface area contributed by atoms with Crippen molar-refractivity contribution in [1.82, 2.24) is 5.32 Å². The summed E-state index contributed by atoms with van der Waals surface area (Å²) >= 11 is 0. The molecule has 0 unspecified atom stereocenters. The maximum Gasteiger partial charge on any atom is 0.270 e. The van der Waals surface area contributed by atoms with E-state index in [1.807, 2.05) is 13.8 Å². The summed E-state index contributed by atoms with van der Waals surface area (Å²) in [6, 6.07) is 12.1. The number of hydrogen-bond donors (Lipinski definition) is 1. The lowest BCUT2D eigenvalue weighted by Gasteiger charge is -2.47. The van der Waals surface area contributed by atoms with Crippen LogP contribution in [0.5, 0.6) is 5.75 Å². The van der Waals surface area contributed by atoms with Gasteiger partial charge in [-0.15, -0.1) is 0 Å². The Bertz CT molecular complexity index is 1270. The van der Waals surface area contributed by atoms with Crippen LogP contribution in [0.2, 0.25) is 18.1 Å². The summed E-state index contributed by atoms with van der Waals surface area (Å²) in [4.78, 5) is 26.6. The number of rotatable bonds is 9. The molecule has 0 saturated carbocycles. The van der Waals surface area contributed by atoms with E-state index in [1.54, 1.807) is 31.2 Å². The zero-order valence-electron chi connectivity index (χ0n) is 23.7. The van der Waals surface area contributed by atoms with Gasteiger partial charge in [-0.3, -0.25) is 9.59 Å². The van der Waals surface area contributed by atoms with Gasteiger partial charge in [-0.1, -0.05) is 45.4 Å². The molecule has 0 spiro atoms. The number of nitrogens with zero attached hydrogens (tertiary/aromatic N) is 1. The number of carbonyl (C=O) groups excluding carboxylic acids is 2. The molecule has 8 nitrogen and oxygen atoms in total. The predicted octanol–water partition coefficient (Wildman–Crippen LogP) is 4.89. The third-order valence-electron chi connectivity index (χ3n) is 7.79. The molecule has 1 saturated heterocycles.